The van der Waals surface area contributed by atoms with Crippen LogP contribution in [0, 0.1) is 0 Å². The van der Waals surface area contributed by atoms with Crippen LogP contribution < -0.4 is 5.32 Å². The summed E-state index contributed by atoms with van der Waals surface area (Å²) in [5.74, 6) is 0.791. The summed E-state index contributed by atoms with van der Waals surface area (Å²) in [5, 5.41) is 15.7. The summed E-state index contributed by atoms with van der Waals surface area (Å²) in [6.07, 6.45) is 2.21. The summed E-state index contributed by atoms with van der Waals surface area (Å²) >= 11 is 0. The Kier molecular flexibility index (Phi) is 6.66. The van der Waals surface area contributed by atoms with Crippen molar-refractivity contribution in [3.63, 3.8) is 0 Å². The molecule has 11 aromatic rings. The topological polar surface area (TPSA) is 42.5 Å². The van der Waals surface area contributed by atoms with E-state index in [9.17, 15) is 0 Å². The molecule has 0 radical (unpaired) electrons. The van der Waals surface area contributed by atoms with Crippen molar-refractivity contribution >= 4 is 87.6 Å². The molecule has 0 saturated carbocycles. The van der Waals surface area contributed by atoms with Crippen molar-refractivity contribution in [2.75, 3.05) is 0 Å². The maximum atomic E-state index is 6.85. The van der Waals surface area contributed by atoms with Crippen LogP contribution in [0.1, 0.15) is 22.7 Å². The Balaban J connectivity index is 1.09. The fourth-order valence-corrected chi connectivity index (χ4v) is 8.95. The zero-order valence-corrected chi connectivity index (χ0v) is 30.3. The van der Waals surface area contributed by atoms with Gasteiger partial charge in [0.15, 0.2) is 0 Å². The SMILES string of the molecule is C1=C(c2ccccc2)N=C(c2cccc3c2oc2ccc4c(-n5c6cc7ccccc7cc6c6cc7ccccc7cc65)cccc4c23)NC1c1ccccc1. The molecule has 4 heteroatoms. The van der Waals surface area contributed by atoms with E-state index in [0.717, 1.165) is 55.7 Å². The van der Waals surface area contributed by atoms with E-state index in [0.29, 0.717) is 0 Å². The van der Waals surface area contributed by atoms with Crippen LogP contribution in [0.4, 0.5) is 0 Å². The lowest BCUT2D eigenvalue weighted by Crippen LogP contribution is -2.31. The van der Waals surface area contributed by atoms with Crippen molar-refractivity contribution in [1.29, 1.82) is 0 Å². The number of fused-ring (bicyclic) bond motifs is 10. The molecule has 1 aliphatic rings. The molecule has 9 aromatic carbocycles. The molecule has 1 N–H and O–H groups in total. The molecule has 0 bridgehead atoms. The average Bonchev–Trinajstić information content (AvgIpc) is 3.80. The molecule has 0 aliphatic carbocycles. The van der Waals surface area contributed by atoms with E-state index < -0.39 is 0 Å². The van der Waals surface area contributed by atoms with Crippen molar-refractivity contribution in [3.8, 4) is 5.69 Å². The molecule has 0 saturated heterocycles. The first-order valence-electron chi connectivity index (χ1n) is 19.2. The molecule has 0 spiro atoms. The van der Waals surface area contributed by atoms with Gasteiger partial charge in [0, 0.05) is 26.9 Å². The molecule has 56 heavy (non-hydrogen) atoms. The molecule has 0 amide bonds. The van der Waals surface area contributed by atoms with Crippen LogP contribution in [0.3, 0.4) is 0 Å². The highest BCUT2D eigenvalue weighted by molar-refractivity contribution is 6.24. The van der Waals surface area contributed by atoms with Crippen LogP contribution in [0.25, 0.3) is 87.4 Å². The number of rotatable bonds is 4. The van der Waals surface area contributed by atoms with E-state index in [1.165, 1.54) is 54.3 Å². The second-order valence-corrected chi connectivity index (χ2v) is 14.8. The van der Waals surface area contributed by atoms with Crippen molar-refractivity contribution in [3.05, 3.63) is 205 Å². The van der Waals surface area contributed by atoms with Crippen molar-refractivity contribution in [2.24, 2.45) is 4.99 Å². The number of aliphatic imine (C=N–C) groups is 1. The Bertz CT molecular complexity index is 3350. The fraction of sp³-hybridized carbons (Fsp3) is 0.0192. The number of hydrogen-bond donors (Lipinski definition) is 1. The predicted molar refractivity (Wildman–Crippen MR) is 234 cm³/mol. The van der Waals surface area contributed by atoms with E-state index in [4.69, 9.17) is 9.41 Å². The first-order chi connectivity index (χ1) is 27.7. The van der Waals surface area contributed by atoms with Gasteiger partial charge in [-0.05, 0) is 92.7 Å². The van der Waals surface area contributed by atoms with Gasteiger partial charge in [-0.1, -0.05) is 133 Å². The van der Waals surface area contributed by atoms with Gasteiger partial charge in [-0.25, -0.2) is 4.99 Å². The second-order valence-electron chi connectivity index (χ2n) is 14.8. The third-order valence-corrected chi connectivity index (χ3v) is 11.6. The van der Waals surface area contributed by atoms with Crippen LogP contribution in [-0.4, -0.2) is 10.4 Å². The monoisotopic (exact) mass is 715 g/mol. The van der Waals surface area contributed by atoms with E-state index in [1.54, 1.807) is 0 Å². The van der Waals surface area contributed by atoms with Gasteiger partial charge >= 0.3 is 0 Å². The summed E-state index contributed by atoms with van der Waals surface area (Å²) in [6, 6.07) is 65.1. The van der Waals surface area contributed by atoms with Crippen LogP contribution >= 0.6 is 0 Å². The number of nitrogens with zero attached hydrogens (tertiary/aromatic N) is 2. The minimum Gasteiger partial charge on any atom is -0.455 e. The second kappa shape index (κ2) is 12.0. The van der Waals surface area contributed by atoms with Gasteiger partial charge in [-0.2, -0.15) is 0 Å². The minimum atomic E-state index is -0.0533. The number of para-hydroxylation sites is 1. The normalized spacial score (nSPS) is 14.6. The molecule has 2 aromatic heterocycles. The molecule has 3 heterocycles. The van der Waals surface area contributed by atoms with Gasteiger partial charge in [0.1, 0.15) is 17.0 Å². The number of furan rings is 1. The van der Waals surface area contributed by atoms with Crippen molar-refractivity contribution < 1.29 is 4.42 Å². The van der Waals surface area contributed by atoms with Gasteiger partial charge < -0.3 is 14.3 Å². The summed E-state index contributed by atoms with van der Waals surface area (Å²) in [6.45, 7) is 0. The van der Waals surface area contributed by atoms with Gasteiger partial charge in [0.25, 0.3) is 0 Å². The van der Waals surface area contributed by atoms with Crippen LogP contribution in [0.5, 0.6) is 0 Å². The zero-order valence-electron chi connectivity index (χ0n) is 30.3. The van der Waals surface area contributed by atoms with Gasteiger partial charge in [-0.3, -0.25) is 0 Å². The van der Waals surface area contributed by atoms with Gasteiger partial charge in [-0.15, -0.1) is 0 Å². The Hall–Kier alpha value is -7.43. The number of amidine groups is 1. The highest BCUT2D eigenvalue weighted by atomic mass is 16.3. The third-order valence-electron chi connectivity index (χ3n) is 11.6. The molecule has 1 aliphatic heterocycles. The number of aromatic nitrogens is 1. The Morgan fingerprint density at radius 3 is 1.80 bits per heavy atom. The lowest BCUT2D eigenvalue weighted by molar-refractivity contribution is 0.667. The summed E-state index contributed by atoms with van der Waals surface area (Å²) in [4.78, 5) is 5.23. The smallest absolute Gasteiger partial charge is 0.146 e. The molecule has 12 rings (SSSR count). The molecular weight excluding hydrogens is 683 g/mol. The molecular formula is C52H33N3O. The Morgan fingerprint density at radius 1 is 0.500 bits per heavy atom. The lowest BCUT2D eigenvalue weighted by Gasteiger charge is -2.24. The van der Waals surface area contributed by atoms with Gasteiger partial charge in [0.2, 0.25) is 0 Å². The fourth-order valence-electron chi connectivity index (χ4n) is 8.95. The standard InChI is InChI=1S/C52H33N3O/c1-3-13-32(14-4-1)44-31-45(33-15-5-2-6-16-33)54-52(53-44)41-23-11-22-40-50-39-21-12-24-46(38(39)25-26-49(50)56-51(40)41)55-47-29-36-19-9-7-17-34(36)27-42(47)43-28-35-18-8-10-20-37(35)30-48(43)55/h1-31,44H,(H,53,54). The minimum absolute atomic E-state index is 0.0533. The molecule has 0 fully saturated rings. The van der Waals surface area contributed by atoms with Crippen LogP contribution in [0.15, 0.2) is 197 Å². The van der Waals surface area contributed by atoms with Crippen LogP contribution in [-0.2, 0) is 0 Å². The van der Waals surface area contributed by atoms with Crippen LogP contribution in [0.2, 0.25) is 0 Å². The first kappa shape index (κ1) is 31.0. The van der Waals surface area contributed by atoms with E-state index in [2.05, 4.69) is 192 Å². The molecule has 1 unspecified atom stereocenters. The quantitative estimate of drug-likeness (QED) is 0.197. The number of nitrogens with one attached hydrogen (secondary N) is 1. The Morgan fingerprint density at radius 2 is 1.11 bits per heavy atom. The summed E-state index contributed by atoms with van der Waals surface area (Å²) < 4.78 is 9.31. The first-order valence-corrected chi connectivity index (χ1v) is 19.2. The number of hydrogen-bond acceptors (Lipinski definition) is 3. The molecule has 1 atom stereocenters. The third kappa shape index (κ3) is 4.69. The highest BCUT2D eigenvalue weighted by Crippen LogP contribution is 2.42. The Labute approximate surface area is 322 Å². The van der Waals surface area contributed by atoms with E-state index in [1.807, 2.05) is 6.07 Å². The maximum absolute atomic E-state index is 6.85. The zero-order chi connectivity index (χ0) is 36.7. The number of benzene rings is 9. The van der Waals surface area contributed by atoms with E-state index >= 15 is 0 Å². The van der Waals surface area contributed by atoms with E-state index in [-0.39, 0.29) is 6.04 Å². The van der Waals surface area contributed by atoms with Crippen molar-refractivity contribution in [1.82, 2.24) is 9.88 Å². The summed E-state index contributed by atoms with van der Waals surface area (Å²) in [5.41, 5.74) is 9.32. The van der Waals surface area contributed by atoms with Crippen molar-refractivity contribution in [2.45, 2.75) is 6.04 Å². The lowest BCUT2D eigenvalue weighted by atomic mass is 9.99. The summed E-state index contributed by atoms with van der Waals surface area (Å²) in [7, 11) is 0. The highest BCUT2D eigenvalue weighted by Gasteiger charge is 2.24. The molecule has 4 nitrogen and oxygen atoms in total. The average molecular weight is 716 g/mol. The maximum Gasteiger partial charge on any atom is 0.146 e. The van der Waals surface area contributed by atoms with Gasteiger partial charge in [0.05, 0.1) is 34.0 Å². The predicted octanol–water partition coefficient (Wildman–Crippen LogP) is 13.3. The molecule has 262 valence electrons. The largest absolute Gasteiger partial charge is 0.455 e.